The lowest BCUT2D eigenvalue weighted by Gasteiger charge is -2.45. The Balaban J connectivity index is 1.53. The predicted octanol–water partition coefficient (Wildman–Crippen LogP) is 2.52. The van der Waals surface area contributed by atoms with Gasteiger partial charge in [0.25, 0.3) is 0 Å². The molecular weight excluding hydrogens is 300 g/mol. The average Bonchev–Trinajstić information content (AvgIpc) is 2.62. The zero-order valence-electron chi connectivity index (χ0n) is 12.7. The number of carbonyl (C=O) groups is 1. The smallest absolute Gasteiger partial charge is 0.198 e. The lowest BCUT2D eigenvalue weighted by molar-refractivity contribution is -0.266. The van der Waals surface area contributed by atoms with Crippen LogP contribution in [0.4, 0.5) is 0 Å². The van der Waals surface area contributed by atoms with Crippen LogP contribution in [0, 0.1) is 18.8 Å². The van der Waals surface area contributed by atoms with Gasteiger partial charge in [0, 0.05) is 35.3 Å². The largest absolute Gasteiger partial charge is 0.363 e. The van der Waals surface area contributed by atoms with Gasteiger partial charge in [0.2, 0.25) is 0 Å². The molecule has 1 aromatic carbocycles. The van der Waals surface area contributed by atoms with E-state index in [2.05, 4.69) is 31.2 Å². The molecule has 5 atom stereocenters. The van der Waals surface area contributed by atoms with E-state index in [9.17, 15) is 9.90 Å². The fourth-order valence-electron chi connectivity index (χ4n) is 3.78. The summed E-state index contributed by atoms with van der Waals surface area (Å²) in [7, 11) is 0. The maximum atomic E-state index is 12.4. The number of aryl methyl sites for hydroxylation is 1. The number of carbonyl (C=O) groups excluding carboxylic acids is 1. The summed E-state index contributed by atoms with van der Waals surface area (Å²) in [6.45, 7) is 3.85. The fourth-order valence-corrected chi connectivity index (χ4v) is 4.89. The number of ether oxygens (including phenoxy) is 2. The van der Waals surface area contributed by atoms with Crippen molar-refractivity contribution in [2.24, 2.45) is 11.8 Å². The fraction of sp³-hybridized carbons (Fsp3) is 0.588. The molecule has 1 N–H and O–H groups in total. The van der Waals surface area contributed by atoms with E-state index >= 15 is 0 Å². The first-order valence-corrected chi connectivity index (χ1v) is 8.69. The van der Waals surface area contributed by atoms with Crippen LogP contribution in [0.15, 0.2) is 29.2 Å². The van der Waals surface area contributed by atoms with E-state index in [1.54, 1.807) is 18.7 Å². The molecule has 4 rings (SSSR count). The van der Waals surface area contributed by atoms with Gasteiger partial charge in [0.05, 0.1) is 0 Å². The molecule has 4 nitrogen and oxygen atoms in total. The van der Waals surface area contributed by atoms with Crippen LogP contribution < -0.4 is 0 Å². The van der Waals surface area contributed by atoms with Gasteiger partial charge >= 0.3 is 0 Å². The predicted molar refractivity (Wildman–Crippen MR) is 82.4 cm³/mol. The van der Waals surface area contributed by atoms with Crippen LogP contribution in [0.25, 0.3) is 0 Å². The van der Waals surface area contributed by atoms with Gasteiger partial charge in [0.15, 0.2) is 12.1 Å². The Morgan fingerprint density at radius 1 is 1.32 bits per heavy atom. The molecule has 1 aliphatic carbocycles. The zero-order chi connectivity index (χ0) is 15.5. The maximum absolute atomic E-state index is 12.4. The SMILES string of the molecule is Cc1ccc(SCC2[C@H]3O[C@@]4(C)CC(=O)[C@@H]2C[C@]4(O)O3)cc1. The van der Waals surface area contributed by atoms with Gasteiger partial charge in [-0.05, 0) is 26.0 Å². The molecule has 2 heterocycles. The standard InChI is InChI=1S/C17H20O4S/c1-10-3-5-11(6-4-10)22-9-13-12-7-17(19)16(2,8-14(12)18)20-15(13)21-17/h3-6,12-13,15,19H,7-9H2,1-2H3/t12-,13?,15+,16+,17+/m1/s1. The Hall–Kier alpha value is -0.880. The van der Waals surface area contributed by atoms with E-state index in [1.807, 2.05) is 0 Å². The third-order valence-corrected chi connectivity index (χ3v) is 6.42. The number of rotatable bonds is 3. The second-order valence-electron chi connectivity index (χ2n) is 6.86. The molecule has 2 aliphatic heterocycles. The Labute approximate surface area is 134 Å². The third-order valence-electron chi connectivity index (χ3n) is 5.27. The Morgan fingerprint density at radius 3 is 2.77 bits per heavy atom. The summed E-state index contributed by atoms with van der Waals surface area (Å²) in [5.74, 6) is -0.481. The van der Waals surface area contributed by atoms with E-state index in [-0.39, 0.29) is 24.0 Å². The number of ketones is 1. The van der Waals surface area contributed by atoms with Gasteiger partial charge < -0.3 is 14.6 Å². The van der Waals surface area contributed by atoms with Crippen molar-refractivity contribution in [3.8, 4) is 0 Å². The summed E-state index contributed by atoms with van der Waals surface area (Å²) in [5.41, 5.74) is 0.352. The van der Waals surface area contributed by atoms with Crippen LogP contribution in [-0.4, -0.2) is 34.3 Å². The van der Waals surface area contributed by atoms with Crippen molar-refractivity contribution in [3.63, 3.8) is 0 Å². The van der Waals surface area contributed by atoms with Crippen LogP contribution in [0.2, 0.25) is 0 Å². The molecule has 3 aliphatic rings. The van der Waals surface area contributed by atoms with Crippen LogP contribution in [0.3, 0.4) is 0 Å². The van der Waals surface area contributed by atoms with Crippen LogP contribution in [-0.2, 0) is 14.3 Å². The van der Waals surface area contributed by atoms with Gasteiger partial charge in [-0.15, -0.1) is 11.8 Å². The van der Waals surface area contributed by atoms with Crippen LogP contribution in [0.5, 0.6) is 0 Å². The molecule has 0 radical (unpaired) electrons. The normalized spacial score (nSPS) is 42.9. The molecule has 3 fully saturated rings. The Morgan fingerprint density at radius 2 is 2.05 bits per heavy atom. The molecule has 3 bridgehead atoms. The molecule has 1 unspecified atom stereocenters. The van der Waals surface area contributed by atoms with Crippen molar-refractivity contribution >= 4 is 17.5 Å². The number of hydrogen-bond donors (Lipinski definition) is 1. The van der Waals surface area contributed by atoms with Crippen molar-refractivity contribution in [3.05, 3.63) is 29.8 Å². The summed E-state index contributed by atoms with van der Waals surface area (Å²) in [4.78, 5) is 13.6. The molecule has 5 heteroatoms. The van der Waals surface area contributed by atoms with Crippen LogP contribution >= 0.6 is 11.8 Å². The van der Waals surface area contributed by atoms with Gasteiger partial charge in [0.1, 0.15) is 11.4 Å². The second kappa shape index (κ2) is 4.81. The molecule has 2 saturated heterocycles. The van der Waals surface area contributed by atoms with Gasteiger partial charge in [-0.3, -0.25) is 4.79 Å². The molecular formula is C17H20O4S. The van der Waals surface area contributed by atoms with Gasteiger partial charge in [-0.25, -0.2) is 0 Å². The highest BCUT2D eigenvalue weighted by Crippen LogP contribution is 2.56. The minimum absolute atomic E-state index is 0.00315. The van der Waals surface area contributed by atoms with E-state index < -0.39 is 17.7 Å². The maximum Gasteiger partial charge on any atom is 0.198 e. The number of fused-ring (bicyclic) bond motifs is 2. The molecule has 1 aromatic rings. The molecule has 0 amide bonds. The summed E-state index contributed by atoms with van der Waals surface area (Å²) in [6.07, 6.45) is 0.132. The molecule has 22 heavy (non-hydrogen) atoms. The van der Waals surface area contributed by atoms with E-state index in [4.69, 9.17) is 9.47 Å². The number of aliphatic hydroxyl groups is 1. The summed E-state index contributed by atoms with van der Waals surface area (Å²) in [5, 5.41) is 10.6. The van der Waals surface area contributed by atoms with Crippen molar-refractivity contribution in [2.45, 2.75) is 49.3 Å². The molecule has 1 saturated carbocycles. The van der Waals surface area contributed by atoms with Crippen molar-refractivity contribution < 1.29 is 19.4 Å². The van der Waals surface area contributed by atoms with E-state index in [1.165, 1.54) is 10.5 Å². The Bertz CT molecular complexity index is 616. The minimum Gasteiger partial charge on any atom is -0.363 e. The lowest BCUT2D eigenvalue weighted by Crippen LogP contribution is -2.59. The first-order chi connectivity index (χ1) is 10.4. The van der Waals surface area contributed by atoms with E-state index in [0.29, 0.717) is 6.42 Å². The summed E-state index contributed by atoms with van der Waals surface area (Å²) >= 11 is 1.72. The third kappa shape index (κ3) is 2.07. The highest BCUT2D eigenvalue weighted by atomic mass is 32.2. The Kier molecular flexibility index (Phi) is 3.21. The summed E-state index contributed by atoms with van der Waals surface area (Å²) in [6, 6.07) is 8.36. The number of thioether (sulfide) groups is 1. The number of Topliss-reactive ketones (excluding diaryl/α,β-unsaturated/α-hetero) is 1. The highest BCUT2D eigenvalue weighted by molar-refractivity contribution is 7.99. The first kappa shape index (κ1) is 14.7. The zero-order valence-corrected chi connectivity index (χ0v) is 13.6. The second-order valence-corrected chi connectivity index (χ2v) is 7.95. The lowest BCUT2D eigenvalue weighted by atomic mass is 9.70. The minimum atomic E-state index is -1.29. The molecule has 118 valence electrons. The number of hydrogen-bond acceptors (Lipinski definition) is 5. The van der Waals surface area contributed by atoms with Gasteiger partial charge in [-0.1, -0.05) is 17.7 Å². The topological polar surface area (TPSA) is 55.8 Å². The van der Waals surface area contributed by atoms with E-state index in [0.717, 1.165) is 5.75 Å². The monoisotopic (exact) mass is 320 g/mol. The van der Waals surface area contributed by atoms with Crippen LogP contribution in [0.1, 0.15) is 25.3 Å². The van der Waals surface area contributed by atoms with Crippen molar-refractivity contribution in [2.75, 3.05) is 5.75 Å². The number of benzene rings is 1. The van der Waals surface area contributed by atoms with Crippen molar-refractivity contribution in [1.82, 2.24) is 0 Å². The molecule has 0 aromatic heterocycles. The summed E-state index contributed by atoms with van der Waals surface area (Å²) < 4.78 is 11.7. The quantitative estimate of drug-likeness (QED) is 0.867. The average molecular weight is 320 g/mol. The van der Waals surface area contributed by atoms with Crippen molar-refractivity contribution in [1.29, 1.82) is 0 Å². The molecule has 0 spiro atoms. The highest BCUT2D eigenvalue weighted by Gasteiger charge is 2.69. The first-order valence-electron chi connectivity index (χ1n) is 7.70. The van der Waals surface area contributed by atoms with Gasteiger partial charge in [-0.2, -0.15) is 0 Å².